The second-order valence-electron chi connectivity index (χ2n) is 6.43. The Balaban J connectivity index is 1.75. The lowest BCUT2D eigenvalue weighted by Crippen LogP contribution is -2.28. The van der Waals surface area contributed by atoms with Crippen molar-refractivity contribution < 1.29 is 13.2 Å². The highest BCUT2D eigenvalue weighted by atomic mass is 19.4. The molecule has 3 heterocycles. The Morgan fingerprint density at radius 3 is 2.64 bits per heavy atom. The first-order chi connectivity index (χ1) is 11.8. The van der Waals surface area contributed by atoms with E-state index in [9.17, 15) is 13.2 Å². The summed E-state index contributed by atoms with van der Waals surface area (Å²) in [5.74, 6) is 0.634. The van der Waals surface area contributed by atoms with Crippen LogP contribution in [0.15, 0.2) is 30.6 Å². The molecule has 134 valence electrons. The van der Waals surface area contributed by atoms with Gasteiger partial charge in [-0.15, -0.1) is 0 Å². The van der Waals surface area contributed by atoms with Crippen LogP contribution >= 0.6 is 0 Å². The molecule has 0 spiro atoms. The highest BCUT2D eigenvalue weighted by Crippen LogP contribution is 2.31. The van der Waals surface area contributed by atoms with Gasteiger partial charge in [-0.2, -0.15) is 13.2 Å². The summed E-state index contributed by atoms with van der Waals surface area (Å²) in [6, 6.07) is 4.23. The molecule has 0 amide bonds. The molecule has 2 aromatic rings. The molecule has 25 heavy (non-hydrogen) atoms. The molecule has 1 aliphatic heterocycles. The van der Waals surface area contributed by atoms with Crippen LogP contribution < -0.4 is 5.32 Å². The zero-order chi connectivity index (χ0) is 18.0. The van der Waals surface area contributed by atoms with E-state index in [0.29, 0.717) is 12.0 Å². The van der Waals surface area contributed by atoms with Gasteiger partial charge in [0, 0.05) is 30.9 Å². The summed E-state index contributed by atoms with van der Waals surface area (Å²) >= 11 is 0. The molecule has 0 aliphatic carbocycles. The van der Waals surface area contributed by atoms with Crippen LogP contribution in [0.25, 0.3) is 0 Å². The number of nitrogens with one attached hydrogen (secondary N) is 1. The van der Waals surface area contributed by atoms with Crippen molar-refractivity contribution in [2.24, 2.45) is 0 Å². The van der Waals surface area contributed by atoms with Crippen LogP contribution in [-0.4, -0.2) is 39.0 Å². The minimum absolute atomic E-state index is 0.0715. The first-order valence-electron chi connectivity index (χ1n) is 8.20. The molecule has 1 fully saturated rings. The maximum Gasteiger partial charge on any atom is 0.416 e. The van der Waals surface area contributed by atoms with Crippen LogP contribution in [0.3, 0.4) is 0 Å². The highest BCUT2D eigenvalue weighted by molar-refractivity contribution is 5.49. The van der Waals surface area contributed by atoms with Crippen LogP contribution in [0, 0.1) is 0 Å². The van der Waals surface area contributed by atoms with E-state index >= 15 is 0 Å². The zero-order valence-electron chi connectivity index (χ0n) is 14.1. The van der Waals surface area contributed by atoms with Gasteiger partial charge in [-0.1, -0.05) is 0 Å². The van der Waals surface area contributed by atoms with E-state index in [1.165, 1.54) is 0 Å². The van der Waals surface area contributed by atoms with Crippen LogP contribution in [0.2, 0.25) is 0 Å². The third-order valence-corrected chi connectivity index (χ3v) is 4.37. The number of hydrogen-bond donors (Lipinski definition) is 1. The summed E-state index contributed by atoms with van der Waals surface area (Å²) in [6.07, 6.45) is -0.661. The van der Waals surface area contributed by atoms with Gasteiger partial charge in [0.2, 0.25) is 5.95 Å². The Hall–Kier alpha value is -2.22. The van der Waals surface area contributed by atoms with E-state index in [1.807, 2.05) is 6.07 Å². The summed E-state index contributed by atoms with van der Waals surface area (Å²) < 4.78 is 38.4. The number of pyridine rings is 1. The number of nitrogens with zero attached hydrogens (tertiary/aromatic N) is 4. The fourth-order valence-electron chi connectivity index (χ4n) is 2.95. The smallest absolute Gasteiger partial charge is 0.309 e. The van der Waals surface area contributed by atoms with Crippen molar-refractivity contribution in [3.05, 3.63) is 41.9 Å². The number of aromatic nitrogens is 3. The summed E-state index contributed by atoms with van der Waals surface area (Å²) in [5, 5.41) is 2.77. The van der Waals surface area contributed by atoms with Crippen LogP contribution in [0.4, 0.5) is 24.9 Å². The predicted octanol–water partition coefficient (Wildman–Crippen LogP) is 3.83. The minimum Gasteiger partial charge on any atom is -0.309 e. The third kappa shape index (κ3) is 4.25. The Morgan fingerprint density at radius 1 is 1.20 bits per heavy atom. The van der Waals surface area contributed by atoms with Gasteiger partial charge in [-0.05, 0) is 45.0 Å². The van der Waals surface area contributed by atoms with Crippen LogP contribution in [0.1, 0.15) is 37.4 Å². The second-order valence-corrected chi connectivity index (χ2v) is 6.43. The fourth-order valence-corrected chi connectivity index (χ4v) is 2.95. The van der Waals surface area contributed by atoms with Gasteiger partial charge in [0.1, 0.15) is 5.82 Å². The Morgan fingerprint density at radius 2 is 1.96 bits per heavy atom. The molecule has 1 N–H and O–H groups in total. The Kier molecular flexibility index (Phi) is 4.89. The number of halogens is 3. The summed E-state index contributed by atoms with van der Waals surface area (Å²) in [6.45, 7) is 6.27. The fraction of sp³-hybridized carbons (Fsp3) is 0.471. The number of hydrogen-bond acceptors (Lipinski definition) is 5. The first-order valence-corrected chi connectivity index (χ1v) is 8.20. The normalized spacial score (nSPS) is 18.7. The lowest BCUT2D eigenvalue weighted by Gasteiger charge is -2.20. The number of rotatable bonds is 4. The van der Waals surface area contributed by atoms with Crippen molar-refractivity contribution in [3.8, 4) is 0 Å². The number of alkyl halides is 3. The maximum absolute atomic E-state index is 12.8. The molecule has 1 saturated heterocycles. The molecule has 3 rings (SSSR count). The van der Waals surface area contributed by atoms with E-state index in [4.69, 9.17) is 0 Å². The van der Waals surface area contributed by atoms with Crippen molar-refractivity contribution in [3.63, 3.8) is 0 Å². The van der Waals surface area contributed by atoms with Crippen molar-refractivity contribution in [1.29, 1.82) is 0 Å². The van der Waals surface area contributed by atoms with Gasteiger partial charge >= 0.3 is 6.18 Å². The SMILES string of the molecule is CC(C)N1CCC(c2ccnc(Nc3cc(C(F)(F)F)ccn3)n2)C1. The van der Waals surface area contributed by atoms with Crippen LogP contribution in [0.5, 0.6) is 0 Å². The molecule has 1 atom stereocenters. The molecule has 1 aliphatic rings. The summed E-state index contributed by atoms with van der Waals surface area (Å²) in [5.41, 5.74) is 0.136. The van der Waals surface area contributed by atoms with Gasteiger partial charge in [-0.25, -0.2) is 15.0 Å². The van der Waals surface area contributed by atoms with Crippen molar-refractivity contribution in [2.75, 3.05) is 18.4 Å². The van der Waals surface area contributed by atoms with Gasteiger partial charge in [-0.3, -0.25) is 0 Å². The van der Waals surface area contributed by atoms with Gasteiger partial charge < -0.3 is 10.2 Å². The second kappa shape index (κ2) is 6.95. The quantitative estimate of drug-likeness (QED) is 0.907. The number of likely N-dealkylation sites (tertiary alicyclic amines) is 1. The molecular formula is C17H20F3N5. The topological polar surface area (TPSA) is 53.9 Å². The van der Waals surface area contributed by atoms with Crippen molar-refractivity contribution in [1.82, 2.24) is 19.9 Å². The monoisotopic (exact) mass is 351 g/mol. The first kappa shape index (κ1) is 17.6. The maximum atomic E-state index is 12.8. The van der Waals surface area contributed by atoms with Gasteiger partial charge in [0.05, 0.1) is 11.3 Å². The van der Waals surface area contributed by atoms with Gasteiger partial charge in [0.25, 0.3) is 0 Å². The average Bonchev–Trinajstić information content (AvgIpc) is 3.05. The van der Waals surface area contributed by atoms with Crippen molar-refractivity contribution >= 4 is 11.8 Å². The van der Waals surface area contributed by atoms with E-state index in [0.717, 1.165) is 43.5 Å². The van der Waals surface area contributed by atoms with E-state index in [2.05, 4.69) is 39.0 Å². The molecule has 2 aromatic heterocycles. The predicted molar refractivity (Wildman–Crippen MR) is 88.6 cm³/mol. The van der Waals surface area contributed by atoms with E-state index in [1.54, 1.807) is 6.20 Å². The van der Waals surface area contributed by atoms with E-state index in [-0.39, 0.29) is 11.8 Å². The molecule has 5 nitrogen and oxygen atoms in total. The average molecular weight is 351 g/mol. The molecule has 0 aromatic carbocycles. The Labute approximate surface area is 144 Å². The molecule has 0 saturated carbocycles. The minimum atomic E-state index is -4.41. The highest BCUT2D eigenvalue weighted by Gasteiger charge is 2.31. The number of anilines is 2. The molecule has 0 radical (unpaired) electrons. The molecule has 1 unspecified atom stereocenters. The largest absolute Gasteiger partial charge is 0.416 e. The third-order valence-electron chi connectivity index (χ3n) is 4.37. The molecule has 8 heteroatoms. The molecular weight excluding hydrogens is 331 g/mol. The lowest BCUT2D eigenvalue weighted by atomic mass is 10.1. The van der Waals surface area contributed by atoms with Gasteiger partial charge in [0.15, 0.2) is 0 Å². The van der Waals surface area contributed by atoms with Crippen LogP contribution in [-0.2, 0) is 6.18 Å². The zero-order valence-corrected chi connectivity index (χ0v) is 14.1. The Bertz CT molecular complexity index is 732. The van der Waals surface area contributed by atoms with E-state index < -0.39 is 11.7 Å². The summed E-state index contributed by atoms with van der Waals surface area (Å²) in [4.78, 5) is 14.9. The molecule has 0 bridgehead atoms. The van der Waals surface area contributed by atoms with Crippen molar-refractivity contribution in [2.45, 2.75) is 38.4 Å². The summed E-state index contributed by atoms with van der Waals surface area (Å²) in [7, 11) is 0. The standard InChI is InChI=1S/C17H20F3N5/c1-11(2)25-8-5-12(10-25)14-4-7-22-16(23-14)24-15-9-13(3-6-21-15)17(18,19)20/h3-4,6-7,9,11-12H,5,8,10H2,1-2H3,(H,21,22,23,24). The lowest BCUT2D eigenvalue weighted by molar-refractivity contribution is -0.137.